The van der Waals surface area contributed by atoms with Crippen LogP contribution < -0.4 is 5.32 Å². The van der Waals surface area contributed by atoms with Crippen LogP contribution in [0.2, 0.25) is 0 Å². The lowest BCUT2D eigenvalue weighted by molar-refractivity contribution is 0.0933. The van der Waals surface area contributed by atoms with Gasteiger partial charge in [0.2, 0.25) is 9.84 Å². The summed E-state index contributed by atoms with van der Waals surface area (Å²) in [5.74, 6) is -4.40. The summed E-state index contributed by atoms with van der Waals surface area (Å²) in [7, 11) is -4.87. The molecule has 0 bridgehead atoms. The molecule has 1 aromatic rings. The number of amides is 1. The Kier molecular flexibility index (Phi) is 5.79. The van der Waals surface area contributed by atoms with Gasteiger partial charge in [-0.2, -0.15) is 14.0 Å². The van der Waals surface area contributed by atoms with Gasteiger partial charge in [-0.05, 0) is 18.6 Å². The average Bonchev–Trinajstić information content (AvgIpc) is 2.46. The van der Waals surface area contributed by atoms with Crippen molar-refractivity contribution in [2.24, 2.45) is 0 Å². The highest BCUT2D eigenvalue weighted by atomic mass is 32.2. The SMILES string of the molecule is CCC(CC#N)NC(=O)c1ccccc1S(=O)(=O)C(F)F. The minimum Gasteiger partial charge on any atom is -0.348 e. The van der Waals surface area contributed by atoms with E-state index in [0.717, 1.165) is 12.1 Å². The smallest absolute Gasteiger partial charge is 0.341 e. The first kappa shape index (κ1) is 17.0. The maximum absolute atomic E-state index is 12.6. The molecule has 0 fully saturated rings. The van der Waals surface area contributed by atoms with Gasteiger partial charge in [-0.15, -0.1) is 0 Å². The molecule has 1 unspecified atom stereocenters. The quantitative estimate of drug-likeness (QED) is 0.870. The highest BCUT2D eigenvalue weighted by Gasteiger charge is 2.31. The highest BCUT2D eigenvalue weighted by molar-refractivity contribution is 7.91. The number of rotatable bonds is 6. The van der Waals surface area contributed by atoms with E-state index in [-0.39, 0.29) is 12.0 Å². The Labute approximate surface area is 121 Å². The molecule has 114 valence electrons. The van der Waals surface area contributed by atoms with Gasteiger partial charge in [0.1, 0.15) is 0 Å². The third kappa shape index (κ3) is 3.98. The molecule has 1 N–H and O–H groups in total. The molecular formula is C13H14F2N2O3S. The van der Waals surface area contributed by atoms with Crippen molar-refractivity contribution in [1.82, 2.24) is 5.32 Å². The van der Waals surface area contributed by atoms with Crippen LogP contribution in [0, 0.1) is 11.3 Å². The van der Waals surface area contributed by atoms with Crippen molar-refractivity contribution in [3.63, 3.8) is 0 Å². The molecule has 0 aromatic heterocycles. The molecule has 21 heavy (non-hydrogen) atoms. The van der Waals surface area contributed by atoms with Crippen molar-refractivity contribution in [2.75, 3.05) is 0 Å². The molecule has 0 saturated carbocycles. The topological polar surface area (TPSA) is 87.0 Å². The number of nitrogens with zero attached hydrogens (tertiary/aromatic N) is 1. The van der Waals surface area contributed by atoms with Crippen LogP contribution in [0.25, 0.3) is 0 Å². The van der Waals surface area contributed by atoms with Crippen molar-refractivity contribution >= 4 is 15.7 Å². The number of hydrogen-bond donors (Lipinski definition) is 1. The first-order valence-corrected chi connectivity index (χ1v) is 7.68. The Morgan fingerprint density at radius 2 is 2.00 bits per heavy atom. The summed E-state index contributed by atoms with van der Waals surface area (Å²) in [4.78, 5) is 11.3. The number of alkyl halides is 2. The van der Waals surface area contributed by atoms with E-state index >= 15 is 0 Å². The Hall–Kier alpha value is -2.01. The zero-order chi connectivity index (χ0) is 16.0. The van der Waals surface area contributed by atoms with E-state index in [1.165, 1.54) is 12.1 Å². The lowest BCUT2D eigenvalue weighted by Gasteiger charge is -2.15. The number of sulfone groups is 1. The monoisotopic (exact) mass is 316 g/mol. The van der Waals surface area contributed by atoms with Gasteiger partial charge in [-0.3, -0.25) is 4.79 Å². The highest BCUT2D eigenvalue weighted by Crippen LogP contribution is 2.22. The molecule has 0 aliphatic rings. The summed E-state index contributed by atoms with van der Waals surface area (Å²) in [5.41, 5.74) is -0.353. The van der Waals surface area contributed by atoms with Crippen LogP contribution in [-0.4, -0.2) is 26.1 Å². The first-order valence-electron chi connectivity index (χ1n) is 6.13. The van der Waals surface area contributed by atoms with E-state index in [0.29, 0.717) is 6.42 Å². The third-order valence-electron chi connectivity index (χ3n) is 2.84. The maximum Gasteiger partial charge on any atom is 0.341 e. The number of nitrogens with one attached hydrogen (secondary N) is 1. The Morgan fingerprint density at radius 3 is 2.52 bits per heavy atom. The second-order valence-electron chi connectivity index (χ2n) is 4.24. The summed E-state index contributed by atoms with van der Waals surface area (Å²) in [6.07, 6.45) is 0.509. The number of hydrogen-bond acceptors (Lipinski definition) is 4. The van der Waals surface area contributed by atoms with Crippen LogP contribution in [0.15, 0.2) is 29.2 Å². The van der Waals surface area contributed by atoms with Gasteiger partial charge in [0, 0.05) is 6.04 Å². The van der Waals surface area contributed by atoms with Crippen LogP contribution in [-0.2, 0) is 9.84 Å². The van der Waals surface area contributed by atoms with Gasteiger partial charge in [0.15, 0.2) is 0 Å². The van der Waals surface area contributed by atoms with Gasteiger partial charge < -0.3 is 5.32 Å². The van der Waals surface area contributed by atoms with Gasteiger partial charge in [0.05, 0.1) is 22.9 Å². The van der Waals surface area contributed by atoms with Gasteiger partial charge in [-0.25, -0.2) is 8.42 Å². The molecule has 0 saturated heterocycles. The van der Waals surface area contributed by atoms with Gasteiger partial charge >= 0.3 is 5.76 Å². The minimum atomic E-state index is -4.87. The Morgan fingerprint density at radius 1 is 1.38 bits per heavy atom. The van der Waals surface area contributed by atoms with E-state index in [1.54, 1.807) is 6.92 Å². The molecular weight excluding hydrogens is 302 g/mol. The minimum absolute atomic E-state index is 0.0476. The molecule has 1 aromatic carbocycles. The summed E-state index contributed by atoms with van der Waals surface area (Å²) < 4.78 is 48.4. The van der Waals surface area contributed by atoms with E-state index in [4.69, 9.17) is 5.26 Å². The molecule has 1 amide bonds. The second kappa shape index (κ2) is 7.13. The molecule has 5 nitrogen and oxygen atoms in total. The lowest BCUT2D eigenvalue weighted by Crippen LogP contribution is -2.35. The van der Waals surface area contributed by atoms with Crippen molar-refractivity contribution in [3.05, 3.63) is 29.8 Å². The van der Waals surface area contributed by atoms with Crippen molar-refractivity contribution in [2.45, 2.75) is 36.5 Å². The predicted molar refractivity (Wildman–Crippen MR) is 71.4 cm³/mol. The lowest BCUT2D eigenvalue weighted by atomic mass is 10.1. The van der Waals surface area contributed by atoms with Crippen LogP contribution in [0.4, 0.5) is 8.78 Å². The summed E-state index contributed by atoms with van der Waals surface area (Å²) in [5, 5.41) is 11.1. The number of nitriles is 1. The van der Waals surface area contributed by atoms with E-state index in [9.17, 15) is 22.0 Å². The predicted octanol–water partition coefficient (Wildman–Crippen LogP) is 2.10. The zero-order valence-electron chi connectivity index (χ0n) is 11.2. The largest absolute Gasteiger partial charge is 0.348 e. The van der Waals surface area contributed by atoms with Crippen molar-refractivity contribution < 1.29 is 22.0 Å². The second-order valence-corrected chi connectivity index (χ2v) is 6.13. The number of benzene rings is 1. The third-order valence-corrected chi connectivity index (χ3v) is 4.28. The maximum atomic E-state index is 12.6. The Balaban J connectivity index is 3.15. The molecule has 0 spiro atoms. The summed E-state index contributed by atoms with van der Waals surface area (Å²) in [6.45, 7) is 1.74. The fourth-order valence-corrected chi connectivity index (χ4v) is 2.60. The molecule has 8 heteroatoms. The van der Waals surface area contributed by atoms with Crippen molar-refractivity contribution in [3.8, 4) is 6.07 Å². The van der Waals surface area contributed by atoms with Crippen LogP contribution in [0.3, 0.4) is 0 Å². The molecule has 1 atom stereocenters. The first-order chi connectivity index (χ1) is 9.84. The van der Waals surface area contributed by atoms with Gasteiger partial charge in [-0.1, -0.05) is 19.1 Å². The fourth-order valence-electron chi connectivity index (χ4n) is 1.67. The summed E-state index contributed by atoms with van der Waals surface area (Å²) >= 11 is 0. The number of halogens is 2. The number of carbonyl (C=O) groups is 1. The summed E-state index contributed by atoms with van der Waals surface area (Å²) in [6, 6.07) is 6.18. The molecule has 0 aliphatic carbocycles. The average molecular weight is 316 g/mol. The van der Waals surface area contributed by atoms with Crippen molar-refractivity contribution in [1.29, 1.82) is 5.26 Å². The molecule has 0 heterocycles. The molecule has 0 aliphatic heterocycles. The standard InChI is InChI=1S/C13H14F2N2O3S/c1-2-9(7-8-16)17-12(18)10-5-3-4-6-11(10)21(19,20)13(14)15/h3-6,9,13H,2,7H2,1H3,(H,17,18). The van der Waals surface area contributed by atoms with E-state index in [1.807, 2.05) is 6.07 Å². The Bertz CT molecular complexity index is 654. The fraction of sp³-hybridized carbons (Fsp3) is 0.385. The number of carbonyl (C=O) groups excluding carboxylic acids is 1. The van der Waals surface area contributed by atoms with E-state index in [2.05, 4.69) is 5.32 Å². The zero-order valence-corrected chi connectivity index (χ0v) is 12.0. The molecule has 1 rings (SSSR count). The normalized spacial score (nSPS) is 12.7. The van der Waals surface area contributed by atoms with Crippen LogP contribution >= 0.6 is 0 Å². The molecule has 0 radical (unpaired) electrons. The van der Waals surface area contributed by atoms with Crippen LogP contribution in [0.1, 0.15) is 30.1 Å². The van der Waals surface area contributed by atoms with Crippen LogP contribution in [0.5, 0.6) is 0 Å². The van der Waals surface area contributed by atoms with E-state index < -0.39 is 32.4 Å². The van der Waals surface area contributed by atoms with Gasteiger partial charge in [0.25, 0.3) is 5.91 Å².